The Morgan fingerprint density at radius 1 is 1.20 bits per heavy atom. The maximum absolute atomic E-state index is 5.91. The maximum Gasteiger partial charge on any atom is 0.209 e. The maximum atomic E-state index is 5.91. The molecular weight excluding hydrogens is 252 g/mol. The van der Waals surface area contributed by atoms with Gasteiger partial charge in [-0.2, -0.15) is 0 Å². The molecule has 2 N–H and O–H groups in total. The van der Waals surface area contributed by atoms with Gasteiger partial charge in [-0.1, -0.05) is 13.0 Å². The van der Waals surface area contributed by atoms with Crippen molar-refractivity contribution in [3.63, 3.8) is 0 Å². The van der Waals surface area contributed by atoms with E-state index in [-0.39, 0.29) is 0 Å². The molecule has 1 aliphatic rings. The van der Waals surface area contributed by atoms with Crippen molar-refractivity contribution in [2.75, 3.05) is 38.5 Å². The zero-order valence-electron chi connectivity index (χ0n) is 12.0. The van der Waals surface area contributed by atoms with E-state index < -0.39 is 0 Å². The van der Waals surface area contributed by atoms with E-state index >= 15 is 0 Å². The van der Waals surface area contributed by atoms with Gasteiger partial charge in [0.1, 0.15) is 5.52 Å². The molecular formula is C15H22N4O. The quantitative estimate of drug-likeness (QED) is 0.863. The molecule has 20 heavy (non-hydrogen) atoms. The van der Waals surface area contributed by atoms with E-state index in [9.17, 15) is 0 Å². The van der Waals surface area contributed by atoms with Crippen molar-refractivity contribution < 1.29 is 4.42 Å². The molecule has 5 heteroatoms. The predicted molar refractivity (Wildman–Crippen MR) is 80.4 cm³/mol. The molecule has 2 aromatic rings. The highest BCUT2D eigenvalue weighted by molar-refractivity contribution is 5.85. The number of nitrogens with two attached hydrogens (primary N) is 1. The van der Waals surface area contributed by atoms with Crippen LogP contribution < -0.4 is 5.73 Å². The number of piperazine rings is 1. The second-order valence-corrected chi connectivity index (χ2v) is 5.42. The van der Waals surface area contributed by atoms with Crippen molar-refractivity contribution in [2.24, 2.45) is 0 Å². The highest BCUT2D eigenvalue weighted by Crippen LogP contribution is 2.22. The normalized spacial score (nSPS) is 17.9. The number of nitrogen functional groups attached to an aromatic ring is 1. The van der Waals surface area contributed by atoms with Gasteiger partial charge in [0.15, 0.2) is 5.58 Å². The van der Waals surface area contributed by atoms with Gasteiger partial charge in [-0.15, -0.1) is 0 Å². The molecule has 108 valence electrons. The summed E-state index contributed by atoms with van der Waals surface area (Å²) < 4.78 is 5.78. The molecule has 1 aliphatic heterocycles. The molecule has 0 aliphatic carbocycles. The van der Waals surface area contributed by atoms with Gasteiger partial charge in [0.05, 0.1) is 12.2 Å². The monoisotopic (exact) mass is 274 g/mol. The Morgan fingerprint density at radius 3 is 2.65 bits per heavy atom. The van der Waals surface area contributed by atoms with E-state index in [4.69, 9.17) is 10.2 Å². The minimum atomic E-state index is 0.685. The third kappa shape index (κ3) is 2.78. The average molecular weight is 274 g/mol. The smallest absolute Gasteiger partial charge is 0.209 e. The highest BCUT2D eigenvalue weighted by Gasteiger charge is 2.18. The summed E-state index contributed by atoms with van der Waals surface area (Å²) >= 11 is 0. The van der Waals surface area contributed by atoms with E-state index in [1.807, 2.05) is 18.2 Å². The summed E-state index contributed by atoms with van der Waals surface area (Å²) in [7, 11) is 0. The van der Waals surface area contributed by atoms with Crippen LogP contribution in [0.5, 0.6) is 0 Å². The fraction of sp³-hybridized carbons (Fsp3) is 0.533. The molecule has 0 amide bonds. The number of benzene rings is 1. The van der Waals surface area contributed by atoms with Crippen LogP contribution in [0.2, 0.25) is 0 Å². The minimum Gasteiger partial charge on any atom is -0.439 e. The third-order valence-electron chi connectivity index (χ3n) is 3.86. The van der Waals surface area contributed by atoms with Crippen molar-refractivity contribution in [3.05, 3.63) is 24.1 Å². The van der Waals surface area contributed by atoms with Crippen LogP contribution in [0.1, 0.15) is 19.2 Å². The largest absolute Gasteiger partial charge is 0.439 e. The first kappa shape index (κ1) is 13.4. The lowest BCUT2D eigenvalue weighted by Gasteiger charge is -2.33. The van der Waals surface area contributed by atoms with Crippen LogP contribution in [0, 0.1) is 0 Å². The molecule has 0 radical (unpaired) electrons. The topological polar surface area (TPSA) is 58.5 Å². The second kappa shape index (κ2) is 5.81. The number of para-hydroxylation sites is 1. The van der Waals surface area contributed by atoms with Gasteiger partial charge in [0.25, 0.3) is 0 Å². The predicted octanol–water partition coefficient (Wildman–Crippen LogP) is 1.94. The Kier molecular flexibility index (Phi) is 3.89. The first-order valence-corrected chi connectivity index (χ1v) is 7.35. The van der Waals surface area contributed by atoms with Crippen LogP contribution in [0.3, 0.4) is 0 Å². The SMILES string of the molecule is CCCN1CCN(Cc2nc3c(N)cccc3o2)CC1. The van der Waals surface area contributed by atoms with Crippen molar-refractivity contribution in [2.45, 2.75) is 19.9 Å². The number of nitrogens with zero attached hydrogens (tertiary/aromatic N) is 3. The van der Waals surface area contributed by atoms with E-state index in [2.05, 4.69) is 21.7 Å². The number of oxazole rings is 1. The van der Waals surface area contributed by atoms with E-state index in [1.165, 1.54) is 13.0 Å². The number of hydrogen-bond acceptors (Lipinski definition) is 5. The van der Waals surface area contributed by atoms with Gasteiger partial charge in [0.2, 0.25) is 5.89 Å². The molecule has 1 saturated heterocycles. The number of fused-ring (bicyclic) bond motifs is 1. The van der Waals surface area contributed by atoms with E-state index in [0.29, 0.717) is 5.69 Å². The summed E-state index contributed by atoms with van der Waals surface area (Å²) in [5.74, 6) is 0.766. The Morgan fingerprint density at radius 2 is 1.95 bits per heavy atom. The Hall–Kier alpha value is -1.59. The molecule has 0 saturated carbocycles. The third-order valence-corrected chi connectivity index (χ3v) is 3.86. The lowest BCUT2D eigenvalue weighted by Crippen LogP contribution is -2.46. The van der Waals surface area contributed by atoms with Crippen molar-refractivity contribution >= 4 is 16.8 Å². The molecule has 0 atom stereocenters. The van der Waals surface area contributed by atoms with Crippen molar-refractivity contribution in [1.29, 1.82) is 0 Å². The lowest BCUT2D eigenvalue weighted by atomic mass is 10.3. The number of hydrogen-bond donors (Lipinski definition) is 1. The summed E-state index contributed by atoms with van der Waals surface area (Å²) in [6, 6.07) is 5.68. The van der Waals surface area contributed by atoms with Crippen LogP contribution in [0.4, 0.5) is 5.69 Å². The molecule has 3 rings (SSSR count). The molecule has 0 spiro atoms. The Bertz CT molecular complexity index is 572. The summed E-state index contributed by atoms with van der Waals surface area (Å²) in [5.41, 5.74) is 8.16. The van der Waals surface area contributed by atoms with E-state index in [1.54, 1.807) is 0 Å². The lowest BCUT2D eigenvalue weighted by molar-refractivity contribution is 0.120. The fourth-order valence-electron chi connectivity index (χ4n) is 2.76. The number of anilines is 1. The van der Waals surface area contributed by atoms with Gasteiger partial charge in [-0.05, 0) is 25.1 Å². The van der Waals surface area contributed by atoms with Gasteiger partial charge < -0.3 is 15.1 Å². The van der Waals surface area contributed by atoms with Crippen LogP contribution in [-0.4, -0.2) is 47.5 Å². The van der Waals surface area contributed by atoms with Crippen LogP contribution in [0.25, 0.3) is 11.1 Å². The first-order chi connectivity index (χ1) is 9.76. The average Bonchev–Trinajstić information content (AvgIpc) is 2.85. The van der Waals surface area contributed by atoms with Gasteiger partial charge in [-0.25, -0.2) is 4.98 Å². The molecule has 0 bridgehead atoms. The number of aromatic nitrogens is 1. The zero-order chi connectivity index (χ0) is 13.9. The van der Waals surface area contributed by atoms with Crippen LogP contribution >= 0.6 is 0 Å². The van der Waals surface area contributed by atoms with Gasteiger partial charge in [-0.3, -0.25) is 4.90 Å². The second-order valence-electron chi connectivity index (χ2n) is 5.42. The summed E-state index contributed by atoms with van der Waals surface area (Å²) in [5, 5.41) is 0. The minimum absolute atomic E-state index is 0.685. The summed E-state index contributed by atoms with van der Waals surface area (Å²) in [6.45, 7) is 8.63. The molecule has 0 unspecified atom stereocenters. The van der Waals surface area contributed by atoms with E-state index in [0.717, 1.165) is 49.7 Å². The number of rotatable bonds is 4. The fourth-order valence-corrected chi connectivity index (χ4v) is 2.76. The van der Waals surface area contributed by atoms with Gasteiger partial charge in [0, 0.05) is 26.2 Å². The van der Waals surface area contributed by atoms with Gasteiger partial charge >= 0.3 is 0 Å². The summed E-state index contributed by atoms with van der Waals surface area (Å²) in [4.78, 5) is 9.43. The Labute approximate surface area is 119 Å². The standard InChI is InChI=1S/C15H22N4O/c1-2-6-18-7-9-19(10-8-18)11-14-17-15-12(16)4-3-5-13(15)20-14/h3-5H,2,6-11,16H2,1H3. The molecule has 1 aromatic heterocycles. The van der Waals surface area contributed by atoms with Crippen LogP contribution in [-0.2, 0) is 6.54 Å². The van der Waals surface area contributed by atoms with Crippen molar-refractivity contribution in [3.8, 4) is 0 Å². The summed E-state index contributed by atoms with van der Waals surface area (Å²) in [6.07, 6.45) is 1.23. The van der Waals surface area contributed by atoms with Crippen molar-refractivity contribution in [1.82, 2.24) is 14.8 Å². The Balaban J connectivity index is 1.64. The molecule has 2 heterocycles. The molecule has 1 aromatic carbocycles. The first-order valence-electron chi connectivity index (χ1n) is 7.35. The zero-order valence-corrected chi connectivity index (χ0v) is 12.0. The molecule has 1 fully saturated rings. The highest BCUT2D eigenvalue weighted by atomic mass is 16.3. The molecule has 5 nitrogen and oxygen atoms in total. The van der Waals surface area contributed by atoms with Crippen LogP contribution in [0.15, 0.2) is 22.6 Å².